The fourth-order valence-corrected chi connectivity index (χ4v) is 2.78. The maximum atomic E-state index is 14.0. The molecule has 1 fully saturated rings. The van der Waals surface area contributed by atoms with Crippen molar-refractivity contribution in [2.24, 2.45) is 5.92 Å². The Bertz CT molecular complexity index is 426. The zero-order valence-corrected chi connectivity index (χ0v) is 11.2. The molecule has 1 aliphatic carbocycles. The molecule has 0 bridgehead atoms. The van der Waals surface area contributed by atoms with Gasteiger partial charge in [0.2, 0.25) is 5.82 Å². The molecule has 0 heterocycles. The Hall–Kier alpha value is -1.16. The summed E-state index contributed by atoms with van der Waals surface area (Å²) in [6, 6.07) is 3.14. The van der Waals surface area contributed by atoms with E-state index >= 15 is 0 Å². The number of halogens is 2. The fraction of sp³-hybridized carbons (Fsp3) is 0.600. The summed E-state index contributed by atoms with van der Waals surface area (Å²) in [5.74, 6) is -1.32. The first-order chi connectivity index (χ1) is 9.17. The number of aliphatic hydroxyl groups is 1. The Morgan fingerprint density at radius 2 is 1.84 bits per heavy atom. The van der Waals surface area contributed by atoms with Crippen LogP contribution in [0.2, 0.25) is 0 Å². The third-order valence-corrected chi connectivity index (χ3v) is 3.92. The van der Waals surface area contributed by atoms with Crippen LogP contribution in [0.5, 0.6) is 5.75 Å². The molecule has 0 amide bonds. The van der Waals surface area contributed by atoms with Crippen LogP contribution in [0, 0.1) is 17.6 Å². The van der Waals surface area contributed by atoms with E-state index in [9.17, 15) is 8.78 Å². The maximum absolute atomic E-state index is 14.0. The molecule has 0 saturated heterocycles. The Morgan fingerprint density at radius 3 is 2.42 bits per heavy atom. The first-order valence-electron chi connectivity index (χ1n) is 6.88. The third kappa shape index (κ3) is 3.06. The molecule has 106 valence electrons. The highest BCUT2D eigenvalue weighted by molar-refractivity contribution is 5.33. The lowest BCUT2D eigenvalue weighted by atomic mass is 9.79. The molecule has 1 aliphatic rings. The molecular weight excluding hydrogens is 250 g/mol. The summed E-state index contributed by atoms with van der Waals surface area (Å²) in [5, 5.41) is 9.09. The van der Waals surface area contributed by atoms with Gasteiger partial charge in [-0.15, -0.1) is 0 Å². The quantitative estimate of drug-likeness (QED) is 0.905. The monoisotopic (exact) mass is 270 g/mol. The Kier molecular flexibility index (Phi) is 4.75. The standard InChI is InChI=1S/C15H20F2O2/c1-2-19-13-8-7-12(14(16)15(13)17)11-5-3-10(9-18)4-6-11/h7-8,10-11,18H,2-6,9H2,1H3. The molecule has 0 aliphatic heterocycles. The normalized spacial score (nSPS) is 23.4. The van der Waals surface area contributed by atoms with Crippen LogP contribution in [0.1, 0.15) is 44.1 Å². The summed E-state index contributed by atoms with van der Waals surface area (Å²) >= 11 is 0. The third-order valence-electron chi connectivity index (χ3n) is 3.92. The summed E-state index contributed by atoms with van der Waals surface area (Å²) in [5.41, 5.74) is 0.442. The predicted octanol–water partition coefficient (Wildman–Crippen LogP) is 3.63. The van der Waals surface area contributed by atoms with E-state index in [4.69, 9.17) is 9.84 Å². The van der Waals surface area contributed by atoms with Crippen molar-refractivity contribution >= 4 is 0 Å². The second-order valence-corrected chi connectivity index (χ2v) is 5.11. The Labute approximate surface area is 112 Å². The van der Waals surface area contributed by atoms with Crippen LogP contribution in [-0.2, 0) is 0 Å². The van der Waals surface area contributed by atoms with Crippen molar-refractivity contribution < 1.29 is 18.6 Å². The second kappa shape index (κ2) is 6.33. The van der Waals surface area contributed by atoms with Gasteiger partial charge in [-0.05, 0) is 56.1 Å². The maximum Gasteiger partial charge on any atom is 0.200 e. The van der Waals surface area contributed by atoms with Gasteiger partial charge in [-0.25, -0.2) is 4.39 Å². The van der Waals surface area contributed by atoms with Gasteiger partial charge < -0.3 is 9.84 Å². The van der Waals surface area contributed by atoms with Gasteiger partial charge in [-0.2, -0.15) is 4.39 Å². The molecule has 1 saturated carbocycles. The second-order valence-electron chi connectivity index (χ2n) is 5.11. The summed E-state index contributed by atoms with van der Waals surface area (Å²) in [4.78, 5) is 0. The van der Waals surface area contributed by atoms with Crippen molar-refractivity contribution in [2.45, 2.75) is 38.5 Å². The van der Waals surface area contributed by atoms with Crippen LogP contribution in [0.15, 0.2) is 12.1 Å². The van der Waals surface area contributed by atoms with Crippen LogP contribution >= 0.6 is 0 Å². The van der Waals surface area contributed by atoms with Gasteiger partial charge in [0.25, 0.3) is 0 Å². The molecule has 0 unspecified atom stereocenters. The van der Waals surface area contributed by atoms with Crippen molar-refractivity contribution in [1.82, 2.24) is 0 Å². The van der Waals surface area contributed by atoms with Crippen molar-refractivity contribution in [3.8, 4) is 5.75 Å². The zero-order chi connectivity index (χ0) is 13.8. The van der Waals surface area contributed by atoms with Crippen LogP contribution in [0.4, 0.5) is 8.78 Å². The molecule has 1 N–H and O–H groups in total. The minimum atomic E-state index is -0.886. The Balaban J connectivity index is 2.15. The highest BCUT2D eigenvalue weighted by Crippen LogP contribution is 2.38. The largest absolute Gasteiger partial charge is 0.491 e. The number of ether oxygens (including phenoxy) is 1. The zero-order valence-electron chi connectivity index (χ0n) is 11.2. The van der Waals surface area contributed by atoms with E-state index in [1.807, 2.05) is 0 Å². The summed E-state index contributed by atoms with van der Waals surface area (Å²) in [7, 11) is 0. The van der Waals surface area contributed by atoms with Crippen molar-refractivity contribution in [3.63, 3.8) is 0 Å². The highest BCUT2D eigenvalue weighted by atomic mass is 19.2. The first-order valence-corrected chi connectivity index (χ1v) is 6.88. The van der Waals surface area contributed by atoms with E-state index in [-0.39, 0.29) is 18.3 Å². The summed E-state index contributed by atoms with van der Waals surface area (Å²) < 4.78 is 32.9. The van der Waals surface area contributed by atoms with Gasteiger partial charge in [-0.1, -0.05) is 6.07 Å². The number of rotatable bonds is 4. The number of hydrogen-bond donors (Lipinski definition) is 1. The molecular formula is C15H20F2O2. The molecule has 2 nitrogen and oxygen atoms in total. The van der Waals surface area contributed by atoms with Crippen molar-refractivity contribution in [1.29, 1.82) is 0 Å². The van der Waals surface area contributed by atoms with E-state index in [0.29, 0.717) is 18.1 Å². The van der Waals surface area contributed by atoms with E-state index < -0.39 is 11.6 Å². The lowest BCUT2D eigenvalue weighted by Gasteiger charge is -2.28. The topological polar surface area (TPSA) is 29.5 Å². The lowest BCUT2D eigenvalue weighted by Crippen LogP contribution is -2.17. The average Bonchev–Trinajstić information content (AvgIpc) is 2.45. The SMILES string of the molecule is CCOc1ccc(C2CCC(CO)CC2)c(F)c1F. The summed E-state index contributed by atoms with van der Waals surface area (Å²) in [6.07, 6.45) is 3.34. The summed E-state index contributed by atoms with van der Waals surface area (Å²) in [6.45, 7) is 2.24. The molecule has 2 rings (SSSR count). The molecule has 4 heteroatoms. The minimum absolute atomic E-state index is 0.0206. The van der Waals surface area contributed by atoms with Crippen molar-refractivity contribution in [3.05, 3.63) is 29.3 Å². The van der Waals surface area contributed by atoms with Crippen molar-refractivity contribution in [2.75, 3.05) is 13.2 Å². The molecule has 0 atom stereocenters. The number of hydrogen-bond acceptors (Lipinski definition) is 2. The molecule has 0 aromatic heterocycles. The average molecular weight is 270 g/mol. The molecule has 0 spiro atoms. The van der Waals surface area contributed by atoms with E-state index in [0.717, 1.165) is 25.7 Å². The van der Waals surface area contributed by atoms with Crippen LogP contribution < -0.4 is 4.74 Å². The van der Waals surface area contributed by atoms with Gasteiger partial charge >= 0.3 is 0 Å². The van der Waals surface area contributed by atoms with Gasteiger partial charge in [0.15, 0.2) is 11.6 Å². The lowest BCUT2D eigenvalue weighted by molar-refractivity contribution is 0.181. The highest BCUT2D eigenvalue weighted by Gasteiger charge is 2.26. The molecule has 19 heavy (non-hydrogen) atoms. The smallest absolute Gasteiger partial charge is 0.200 e. The van der Waals surface area contributed by atoms with Crippen LogP contribution in [0.3, 0.4) is 0 Å². The van der Waals surface area contributed by atoms with Gasteiger partial charge in [-0.3, -0.25) is 0 Å². The Morgan fingerprint density at radius 1 is 1.16 bits per heavy atom. The predicted molar refractivity (Wildman–Crippen MR) is 69.3 cm³/mol. The number of aliphatic hydroxyl groups excluding tert-OH is 1. The molecule has 1 aromatic carbocycles. The number of benzene rings is 1. The molecule has 0 radical (unpaired) electrons. The minimum Gasteiger partial charge on any atom is -0.491 e. The molecule has 1 aromatic rings. The fourth-order valence-electron chi connectivity index (χ4n) is 2.78. The van der Waals surface area contributed by atoms with Gasteiger partial charge in [0, 0.05) is 6.61 Å². The van der Waals surface area contributed by atoms with E-state index in [1.165, 1.54) is 6.07 Å². The van der Waals surface area contributed by atoms with Gasteiger partial charge in [0.05, 0.1) is 6.61 Å². The van der Waals surface area contributed by atoms with E-state index in [1.54, 1.807) is 13.0 Å². The van der Waals surface area contributed by atoms with Crippen LogP contribution in [-0.4, -0.2) is 18.3 Å². The van der Waals surface area contributed by atoms with Crippen LogP contribution in [0.25, 0.3) is 0 Å². The van der Waals surface area contributed by atoms with E-state index in [2.05, 4.69) is 0 Å². The van der Waals surface area contributed by atoms with Gasteiger partial charge in [0.1, 0.15) is 0 Å². The first kappa shape index (κ1) is 14.3.